The second-order valence-corrected chi connectivity index (χ2v) is 8.23. The molecule has 2 aromatic heterocycles. The molecule has 1 aromatic carbocycles. The average Bonchev–Trinajstić information content (AvgIpc) is 3.28. The standard InChI is InChI=1S/C21H20BrN5/c22-18-6-19(8-23-7-18)26-11-16-13-27(14-17(16)12-26)21-10-24-20(9-25-21)15-4-2-1-3-5-15/h1-10,16-17H,11-14H2. The molecule has 27 heavy (non-hydrogen) atoms. The number of pyridine rings is 1. The zero-order valence-electron chi connectivity index (χ0n) is 14.9. The predicted octanol–water partition coefficient (Wildman–Crippen LogP) is 3.87. The molecule has 2 atom stereocenters. The Morgan fingerprint density at radius 3 is 2.22 bits per heavy atom. The molecule has 0 bridgehead atoms. The summed E-state index contributed by atoms with van der Waals surface area (Å²) in [5, 5.41) is 0. The Morgan fingerprint density at radius 1 is 0.815 bits per heavy atom. The second-order valence-electron chi connectivity index (χ2n) is 7.32. The van der Waals surface area contributed by atoms with E-state index in [1.807, 2.05) is 43.0 Å². The molecule has 2 aliphatic heterocycles. The molecule has 3 aromatic rings. The maximum Gasteiger partial charge on any atom is 0.147 e. The first-order valence-corrected chi connectivity index (χ1v) is 10.0. The number of hydrogen-bond acceptors (Lipinski definition) is 5. The molecular weight excluding hydrogens is 402 g/mol. The van der Waals surface area contributed by atoms with Crippen molar-refractivity contribution in [2.45, 2.75) is 0 Å². The summed E-state index contributed by atoms with van der Waals surface area (Å²) < 4.78 is 1.03. The molecule has 0 spiro atoms. The molecule has 2 aliphatic rings. The number of nitrogens with zero attached hydrogens (tertiary/aromatic N) is 5. The van der Waals surface area contributed by atoms with E-state index in [9.17, 15) is 0 Å². The van der Waals surface area contributed by atoms with Crippen LogP contribution in [0.25, 0.3) is 11.3 Å². The molecule has 2 unspecified atom stereocenters. The van der Waals surface area contributed by atoms with Gasteiger partial charge >= 0.3 is 0 Å². The van der Waals surface area contributed by atoms with E-state index in [0.29, 0.717) is 11.8 Å². The van der Waals surface area contributed by atoms with Gasteiger partial charge in [-0.15, -0.1) is 0 Å². The highest BCUT2D eigenvalue weighted by molar-refractivity contribution is 9.10. The molecule has 5 nitrogen and oxygen atoms in total. The van der Waals surface area contributed by atoms with Gasteiger partial charge in [-0.1, -0.05) is 30.3 Å². The highest BCUT2D eigenvalue weighted by atomic mass is 79.9. The lowest BCUT2D eigenvalue weighted by atomic mass is 10.0. The topological polar surface area (TPSA) is 45.2 Å². The number of aromatic nitrogens is 3. The van der Waals surface area contributed by atoms with Gasteiger partial charge in [-0.3, -0.25) is 9.97 Å². The van der Waals surface area contributed by atoms with Gasteiger partial charge < -0.3 is 9.80 Å². The lowest BCUT2D eigenvalue weighted by Gasteiger charge is -2.23. The Kier molecular flexibility index (Phi) is 4.28. The molecule has 0 radical (unpaired) electrons. The third-order valence-corrected chi connectivity index (χ3v) is 6.01. The van der Waals surface area contributed by atoms with Crippen molar-refractivity contribution in [2.75, 3.05) is 36.0 Å². The van der Waals surface area contributed by atoms with Crippen LogP contribution in [0.3, 0.4) is 0 Å². The fourth-order valence-electron chi connectivity index (χ4n) is 4.21. The predicted molar refractivity (Wildman–Crippen MR) is 111 cm³/mol. The van der Waals surface area contributed by atoms with Crippen molar-refractivity contribution in [3.05, 3.63) is 65.7 Å². The Labute approximate surface area is 167 Å². The molecule has 0 N–H and O–H groups in total. The van der Waals surface area contributed by atoms with Gasteiger partial charge in [-0.05, 0) is 22.0 Å². The monoisotopic (exact) mass is 421 g/mol. The van der Waals surface area contributed by atoms with E-state index >= 15 is 0 Å². The summed E-state index contributed by atoms with van der Waals surface area (Å²) in [6.07, 6.45) is 7.59. The van der Waals surface area contributed by atoms with Gasteiger partial charge in [0.25, 0.3) is 0 Å². The number of fused-ring (bicyclic) bond motifs is 1. The van der Waals surface area contributed by atoms with Crippen molar-refractivity contribution in [2.24, 2.45) is 11.8 Å². The van der Waals surface area contributed by atoms with Gasteiger partial charge in [0.2, 0.25) is 0 Å². The minimum Gasteiger partial charge on any atom is -0.370 e. The number of hydrogen-bond donors (Lipinski definition) is 0. The van der Waals surface area contributed by atoms with Gasteiger partial charge in [-0.25, -0.2) is 4.98 Å². The minimum absolute atomic E-state index is 0.666. The van der Waals surface area contributed by atoms with Crippen LogP contribution in [0.5, 0.6) is 0 Å². The van der Waals surface area contributed by atoms with Crippen LogP contribution in [0.15, 0.2) is 65.7 Å². The SMILES string of the molecule is Brc1cncc(N2CC3CN(c4cnc(-c5ccccc5)cn4)CC3C2)c1. The van der Waals surface area contributed by atoms with Gasteiger partial charge in [0.05, 0.1) is 30.0 Å². The highest BCUT2D eigenvalue weighted by Gasteiger charge is 2.40. The highest BCUT2D eigenvalue weighted by Crippen LogP contribution is 2.35. The second kappa shape index (κ2) is 6.93. The van der Waals surface area contributed by atoms with Gasteiger partial charge in [0.15, 0.2) is 0 Å². The van der Waals surface area contributed by atoms with Crippen molar-refractivity contribution in [3.63, 3.8) is 0 Å². The van der Waals surface area contributed by atoms with Crippen LogP contribution >= 0.6 is 15.9 Å². The number of benzene rings is 1. The van der Waals surface area contributed by atoms with Gasteiger partial charge in [0.1, 0.15) is 5.82 Å². The van der Waals surface area contributed by atoms with E-state index in [4.69, 9.17) is 0 Å². The molecule has 0 amide bonds. The summed E-state index contributed by atoms with van der Waals surface area (Å²) in [7, 11) is 0. The molecule has 0 aliphatic carbocycles. The van der Waals surface area contributed by atoms with E-state index < -0.39 is 0 Å². The minimum atomic E-state index is 0.666. The lowest BCUT2D eigenvalue weighted by Crippen LogP contribution is -2.29. The maximum absolute atomic E-state index is 4.69. The smallest absolute Gasteiger partial charge is 0.147 e. The summed E-state index contributed by atoms with van der Waals surface area (Å²) in [6.45, 7) is 4.24. The normalized spacial score (nSPS) is 21.5. The fourth-order valence-corrected chi connectivity index (χ4v) is 4.56. The Morgan fingerprint density at radius 2 is 1.56 bits per heavy atom. The van der Waals surface area contributed by atoms with E-state index in [0.717, 1.165) is 47.7 Å². The first-order chi connectivity index (χ1) is 13.3. The van der Waals surface area contributed by atoms with Crippen molar-refractivity contribution in [1.29, 1.82) is 0 Å². The molecule has 6 heteroatoms. The van der Waals surface area contributed by atoms with E-state index in [2.05, 4.69) is 58.9 Å². The van der Waals surface area contributed by atoms with Crippen LogP contribution in [0.4, 0.5) is 11.5 Å². The van der Waals surface area contributed by atoms with Gasteiger partial charge in [-0.2, -0.15) is 0 Å². The Bertz CT molecular complexity index is 917. The van der Waals surface area contributed by atoms with Crippen molar-refractivity contribution < 1.29 is 0 Å². The molecule has 0 saturated carbocycles. The van der Waals surface area contributed by atoms with Crippen molar-refractivity contribution in [3.8, 4) is 11.3 Å². The zero-order valence-corrected chi connectivity index (χ0v) is 16.5. The van der Waals surface area contributed by atoms with E-state index in [-0.39, 0.29) is 0 Å². The third-order valence-electron chi connectivity index (χ3n) is 5.57. The summed E-state index contributed by atoms with van der Waals surface area (Å²) in [5.41, 5.74) is 3.23. The van der Waals surface area contributed by atoms with Crippen LogP contribution in [-0.4, -0.2) is 41.1 Å². The van der Waals surface area contributed by atoms with Gasteiger partial charge in [0, 0.05) is 54.2 Å². The molecule has 136 valence electrons. The summed E-state index contributed by atoms with van der Waals surface area (Å²) in [6, 6.07) is 12.4. The molecule has 5 rings (SSSR count). The zero-order chi connectivity index (χ0) is 18.2. The number of anilines is 2. The molecular formula is C21H20BrN5. The maximum atomic E-state index is 4.69. The molecule has 2 saturated heterocycles. The largest absolute Gasteiger partial charge is 0.370 e. The Balaban J connectivity index is 1.26. The summed E-state index contributed by atoms with van der Waals surface area (Å²) in [4.78, 5) is 18.5. The molecule has 4 heterocycles. The first-order valence-electron chi connectivity index (χ1n) is 9.24. The van der Waals surface area contributed by atoms with Crippen molar-refractivity contribution >= 4 is 27.4 Å². The quantitative estimate of drug-likeness (QED) is 0.641. The summed E-state index contributed by atoms with van der Waals surface area (Å²) >= 11 is 3.52. The Hall–Kier alpha value is -2.47. The van der Waals surface area contributed by atoms with Crippen LogP contribution in [0.2, 0.25) is 0 Å². The summed E-state index contributed by atoms with van der Waals surface area (Å²) in [5.74, 6) is 2.32. The van der Waals surface area contributed by atoms with E-state index in [1.54, 1.807) is 0 Å². The van der Waals surface area contributed by atoms with Crippen LogP contribution in [0, 0.1) is 11.8 Å². The number of rotatable bonds is 3. The van der Waals surface area contributed by atoms with Crippen LogP contribution in [-0.2, 0) is 0 Å². The average molecular weight is 422 g/mol. The fraction of sp³-hybridized carbons (Fsp3) is 0.286. The van der Waals surface area contributed by atoms with Crippen molar-refractivity contribution in [1.82, 2.24) is 15.0 Å². The number of halogens is 1. The van der Waals surface area contributed by atoms with Crippen LogP contribution < -0.4 is 9.80 Å². The van der Waals surface area contributed by atoms with E-state index in [1.165, 1.54) is 5.69 Å². The first kappa shape index (κ1) is 16.7. The molecule has 2 fully saturated rings. The third kappa shape index (κ3) is 3.30. The lowest BCUT2D eigenvalue weighted by molar-refractivity contribution is 0.533. The van der Waals surface area contributed by atoms with Crippen LogP contribution in [0.1, 0.15) is 0 Å².